The van der Waals surface area contributed by atoms with Gasteiger partial charge < -0.3 is 45.2 Å². The van der Waals surface area contributed by atoms with Gasteiger partial charge in [-0.05, 0) is 87.1 Å². The van der Waals surface area contributed by atoms with Crippen LogP contribution >= 0.6 is 0 Å². The molecule has 2 fully saturated rings. The van der Waals surface area contributed by atoms with Gasteiger partial charge in [-0.25, -0.2) is 19.9 Å². The lowest BCUT2D eigenvalue weighted by Gasteiger charge is -2.39. The minimum atomic E-state index is -4.68. The second-order valence-corrected chi connectivity index (χ2v) is 18.6. The van der Waals surface area contributed by atoms with Crippen LogP contribution in [0, 0.1) is 24.7 Å². The van der Waals surface area contributed by atoms with Crippen LogP contribution in [0.5, 0.6) is 23.0 Å². The number of ether oxygens (including phenoxy) is 5. The molecular weight excluding hydrogens is 878 g/mol. The molecule has 0 radical (unpaired) electrons. The van der Waals surface area contributed by atoms with E-state index in [1.54, 1.807) is 38.1 Å². The molecule has 1 aliphatic carbocycles. The summed E-state index contributed by atoms with van der Waals surface area (Å²) in [7, 11) is 0. The van der Waals surface area contributed by atoms with Crippen molar-refractivity contribution in [3.63, 3.8) is 0 Å². The van der Waals surface area contributed by atoms with Gasteiger partial charge in [0.1, 0.15) is 43.1 Å². The van der Waals surface area contributed by atoms with E-state index in [1.807, 2.05) is 13.0 Å². The van der Waals surface area contributed by atoms with Gasteiger partial charge in [-0.15, -0.1) is 0 Å². The molecule has 3 aliphatic heterocycles. The Hall–Kier alpha value is -6.27. The van der Waals surface area contributed by atoms with Crippen molar-refractivity contribution in [2.24, 2.45) is 10.8 Å². The summed E-state index contributed by atoms with van der Waals surface area (Å²) in [4.78, 5) is 19.4. The molecule has 5 N–H and O–H groups in total. The average molecular weight is 928 g/mol. The molecule has 2 aromatic heterocycles. The molecule has 0 bridgehead atoms. The van der Waals surface area contributed by atoms with Crippen LogP contribution in [0.15, 0.2) is 60.7 Å². The molecule has 6 aromatic rings. The number of nitrogens with zero attached hydrogens (tertiary/aromatic N) is 4. The summed E-state index contributed by atoms with van der Waals surface area (Å²) in [5, 5.41) is 17.5. The van der Waals surface area contributed by atoms with E-state index in [4.69, 9.17) is 44.4 Å². The standard InChI is InChI=1S/C49H50F5N7O6/c1-26-32(6-4-7-35(26)48(50,51)19-62)27(2)56-44-34-16-39-42(65-23-46(22-64-39)10-5-11-46)18-38(34)59-43(61-44)9-8-36(29-12-30(49(52,53)54)14-31(55)13-29)60-45-33-15-40-41(17-37(33)57-28(3)58-45)67-25-47(24-66-40)20-63-21-47/h4,6-7,12-18,27,36,62H,5,8-11,19-25,55H2,1-3H3,(H,56,59,61)(H,57,58,60). The summed E-state index contributed by atoms with van der Waals surface area (Å²) in [6.45, 7) is 6.58. The fourth-order valence-electron chi connectivity index (χ4n) is 9.44. The van der Waals surface area contributed by atoms with Crippen LogP contribution in [0.1, 0.15) is 84.2 Å². The van der Waals surface area contributed by atoms with Gasteiger partial charge in [0.05, 0.1) is 60.5 Å². The molecule has 4 aromatic carbocycles. The molecule has 0 amide bonds. The fourth-order valence-corrected chi connectivity index (χ4v) is 9.44. The second-order valence-electron chi connectivity index (χ2n) is 18.6. The molecule has 1 saturated carbocycles. The van der Waals surface area contributed by atoms with Gasteiger partial charge in [-0.2, -0.15) is 22.0 Å². The van der Waals surface area contributed by atoms with Crippen molar-refractivity contribution in [1.82, 2.24) is 19.9 Å². The van der Waals surface area contributed by atoms with Crippen molar-refractivity contribution in [1.29, 1.82) is 0 Å². The molecule has 2 spiro atoms. The molecule has 5 heterocycles. The third-order valence-electron chi connectivity index (χ3n) is 13.5. The average Bonchev–Trinajstić information content (AvgIpc) is 3.58. The van der Waals surface area contributed by atoms with E-state index in [0.717, 1.165) is 31.4 Å². The van der Waals surface area contributed by atoms with Crippen LogP contribution < -0.4 is 35.3 Å². The third kappa shape index (κ3) is 8.65. The quantitative estimate of drug-likeness (QED) is 0.0717. The normalized spacial score (nSPS) is 18.2. The van der Waals surface area contributed by atoms with Gasteiger partial charge >= 0.3 is 6.18 Å². The lowest BCUT2D eigenvalue weighted by molar-refractivity contribution is -0.143. The summed E-state index contributed by atoms with van der Waals surface area (Å²) in [5.41, 5.74) is 6.72. The van der Waals surface area contributed by atoms with Gasteiger partial charge in [0.15, 0.2) is 23.0 Å². The molecule has 13 nitrogen and oxygen atoms in total. The third-order valence-corrected chi connectivity index (χ3v) is 13.5. The molecule has 18 heteroatoms. The van der Waals surface area contributed by atoms with Gasteiger partial charge in [0.25, 0.3) is 5.92 Å². The zero-order chi connectivity index (χ0) is 46.9. The highest BCUT2D eigenvalue weighted by Gasteiger charge is 2.43. The van der Waals surface area contributed by atoms with Crippen LogP contribution in [0.25, 0.3) is 21.8 Å². The second kappa shape index (κ2) is 16.8. The van der Waals surface area contributed by atoms with Crippen molar-refractivity contribution in [3.05, 3.63) is 100 Å². The monoisotopic (exact) mass is 927 g/mol. The molecule has 4 aliphatic rings. The molecule has 67 heavy (non-hydrogen) atoms. The summed E-state index contributed by atoms with van der Waals surface area (Å²) in [6.07, 6.45) is -1.32. The number of nitrogens with two attached hydrogens (primary N) is 1. The highest BCUT2D eigenvalue weighted by molar-refractivity contribution is 5.93. The Labute approximate surface area is 382 Å². The van der Waals surface area contributed by atoms with Crippen LogP contribution in [0.3, 0.4) is 0 Å². The number of aromatic nitrogens is 4. The summed E-state index contributed by atoms with van der Waals surface area (Å²) < 4.78 is 103. The number of alkyl halides is 5. The van der Waals surface area contributed by atoms with E-state index < -0.39 is 36.4 Å². The highest BCUT2D eigenvalue weighted by Crippen LogP contribution is 2.47. The smallest absolute Gasteiger partial charge is 0.416 e. The minimum absolute atomic E-state index is 0.0738. The maximum atomic E-state index is 14.9. The Bertz CT molecular complexity index is 2890. The van der Waals surface area contributed by atoms with Crippen LogP contribution in [0.2, 0.25) is 0 Å². The van der Waals surface area contributed by atoms with E-state index >= 15 is 0 Å². The number of hydrogen-bond donors (Lipinski definition) is 4. The number of aliphatic hydroxyl groups is 1. The van der Waals surface area contributed by atoms with Crippen molar-refractivity contribution in [2.45, 2.75) is 77.1 Å². The Morgan fingerprint density at radius 2 is 1.34 bits per heavy atom. The summed E-state index contributed by atoms with van der Waals surface area (Å²) >= 11 is 0. The van der Waals surface area contributed by atoms with Crippen molar-refractivity contribution >= 4 is 39.1 Å². The number of nitrogens with one attached hydrogen (secondary N) is 2. The van der Waals surface area contributed by atoms with Gasteiger partial charge in [-0.3, -0.25) is 0 Å². The summed E-state index contributed by atoms with van der Waals surface area (Å²) in [6, 6.07) is 13.8. The van der Waals surface area contributed by atoms with Crippen LogP contribution in [-0.4, -0.2) is 71.3 Å². The van der Waals surface area contributed by atoms with Gasteiger partial charge in [0, 0.05) is 46.0 Å². The van der Waals surface area contributed by atoms with Crippen LogP contribution in [-0.2, 0) is 23.3 Å². The molecule has 1 saturated heterocycles. The van der Waals surface area contributed by atoms with Crippen molar-refractivity contribution in [3.8, 4) is 23.0 Å². The number of fused-ring (bicyclic) bond motifs is 4. The molecule has 2 unspecified atom stereocenters. The van der Waals surface area contributed by atoms with E-state index in [0.29, 0.717) is 119 Å². The van der Waals surface area contributed by atoms with E-state index in [9.17, 15) is 27.1 Å². The number of anilines is 3. The zero-order valence-electron chi connectivity index (χ0n) is 37.2. The maximum absolute atomic E-state index is 14.9. The number of benzene rings is 4. The lowest BCUT2D eigenvalue weighted by atomic mass is 9.70. The number of halogens is 5. The van der Waals surface area contributed by atoms with Crippen LogP contribution in [0.4, 0.5) is 39.3 Å². The number of hydrogen-bond acceptors (Lipinski definition) is 13. The molecule has 352 valence electrons. The summed E-state index contributed by atoms with van der Waals surface area (Å²) in [5.74, 6) is 0.0481. The Morgan fingerprint density at radius 1 is 0.731 bits per heavy atom. The number of rotatable bonds is 11. The topological polar surface area (TPSA) is 168 Å². The van der Waals surface area contributed by atoms with E-state index in [-0.39, 0.29) is 40.5 Å². The Balaban J connectivity index is 1.03. The van der Waals surface area contributed by atoms with Gasteiger partial charge in [0.2, 0.25) is 0 Å². The number of aliphatic hydroxyl groups excluding tert-OH is 1. The fraction of sp³-hybridized carbons (Fsp3) is 0.429. The SMILES string of the molecule is Cc1nc(NC(CCc2nc(NC(C)c3cccc(C(F)(F)CO)c3C)c3cc4c(cc3n2)OCC2(CCC2)CO4)c2cc(N)cc(C(F)(F)F)c2)c2cc3c(cc2n1)OCC1(COC1)CO3. The predicted octanol–water partition coefficient (Wildman–Crippen LogP) is 9.56. The lowest BCUT2D eigenvalue weighted by Crippen LogP contribution is -2.50. The zero-order valence-corrected chi connectivity index (χ0v) is 37.2. The first-order valence-electron chi connectivity index (χ1n) is 22.3. The Kier molecular flexibility index (Phi) is 11.2. The predicted molar refractivity (Wildman–Crippen MR) is 240 cm³/mol. The first-order chi connectivity index (χ1) is 32.0. The number of nitrogen functional groups attached to an aromatic ring is 1. The maximum Gasteiger partial charge on any atom is 0.416 e. The van der Waals surface area contributed by atoms with Crippen molar-refractivity contribution < 1.29 is 50.7 Å². The van der Waals surface area contributed by atoms with Gasteiger partial charge in [-0.1, -0.05) is 24.6 Å². The molecule has 10 rings (SSSR count). The highest BCUT2D eigenvalue weighted by atomic mass is 19.4. The minimum Gasteiger partial charge on any atom is -0.489 e. The largest absolute Gasteiger partial charge is 0.489 e. The Morgan fingerprint density at radius 3 is 1.93 bits per heavy atom. The van der Waals surface area contributed by atoms with E-state index in [2.05, 4.69) is 15.6 Å². The number of aryl methyl sites for hydroxylation is 2. The van der Waals surface area contributed by atoms with Crippen molar-refractivity contribution in [2.75, 3.05) is 62.6 Å². The molecule has 2 atom stereocenters. The van der Waals surface area contributed by atoms with E-state index in [1.165, 1.54) is 18.2 Å². The first-order valence-corrected chi connectivity index (χ1v) is 22.3. The molecular formula is C49H50F5N7O6. The first kappa shape index (κ1) is 44.6.